The predicted molar refractivity (Wildman–Crippen MR) is 72.6 cm³/mol. The molecule has 0 radical (unpaired) electrons. The van der Waals surface area contributed by atoms with E-state index < -0.39 is 0 Å². The van der Waals surface area contributed by atoms with Gasteiger partial charge >= 0.3 is 0 Å². The molecule has 0 saturated carbocycles. The quantitative estimate of drug-likeness (QED) is 0.856. The van der Waals surface area contributed by atoms with Gasteiger partial charge in [0.25, 0.3) is 0 Å². The number of hydrogen-bond donors (Lipinski definition) is 1. The van der Waals surface area contributed by atoms with E-state index in [1.54, 1.807) is 0 Å². The van der Waals surface area contributed by atoms with E-state index in [-0.39, 0.29) is 18.6 Å². The van der Waals surface area contributed by atoms with Crippen molar-refractivity contribution in [3.8, 4) is 0 Å². The molecule has 86 valence electrons. The summed E-state index contributed by atoms with van der Waals surface area (Å²) in [6.07, 6.45) is 2.26. The molecule has 0 fully saturated rings. The van der Waals surface area contributed by atoms with Gasteiger partial charge in [-0.1, -0.05) is 60.7 Å². The van der Waals surface area contributed by atoms with Crippen molar-refractivity contribution in [3.05, 3.63) is 71.8 Å². The van der Waals surface area contributed by atoms with Gasteiger partial charge in [-0.05, 0) is 24.0 Å². The molecule has 0 aliphatic heterocycles. The fourth-order valence-corrected chi connectivity index (χ4v) is 1.58. The molecule has 1 nitrogen and oxygen atoms in total. The van der Waals surface area contributed by atoms with Crippen LogP contribution in [0.3, 0.4) is 0 Å². The van der Waals surface area contributed by atoms with Crippen LogP contribution >= 0.6 is 12.4 Å². The van der Waals surface area contributed by atoms with Gasteiger partial charge in [0.15, 0.2) is 0 Å². The third kappa shape index (κ3) is 4.47. The van der Waals surface area contributed by atoms with Crippen LogP contribution in [-0.4, -0.2) is 0 Å². The van der Waals surface area contributed by atoms with Crippen LogP contribution in [0.25, 0.3) is 0 Å². The fourth-order valence-electron chi connectivity index (χ4n) is 1.58. The molecular formula is C14H18ClN. The highest BCUT2D eigenvalue weighted by Crippen LogP contribution is 2.06. The lowest BCUT2D eigenvalue weighted by Crippen LogP contribution is -1.89. The van der Waals surface area contributed by atoms with Crippen molar-refractivity contribution in [2.24, 2.45) is 0 Å². The maximum Gasteiger partial charge on any atom is -0.0238 e. The van der Waals surface area contributed by atoms with Gasteiger partial charge in [-0.3, -0.25) is 0 Å². The van der Waals surface area contributed by atoms with E-state index in [9.17, 15) is 0 Å². The molecule has 2 heteroatoms. The van der Waals surface area contributed by atoms with Crippen molar-refractivity contribution < 1.29 is 0 Å². The van der Waals surface area contributed by atoms with Gasteiger partial charge in [0.05, 0.1) is 0 Å². The Kier molecular flexibility index (Phi) is 7.27. The Morgan fingerprint density at radius 3 is 1.19 bits per heavy atom. The summed E-state index contributed by atoms with van der Waals surface area (Å²) in [6.45, 7) is 0. The Bertz CT molecular complexity index is 333. The second-order valence-corrected chi connectivity index (χ2v) is 3.47. The van der Waals surface area contributed by atoms with E-state index >= 15 is 0 Å². The highest BCUT2D eigenvalue weighted by Gasteiger charge is 1.93. The molecule has 2 rings (SSSR count). The Hall–Kier alpha value is -1.31. The summed E-state index contributed by atoms with van der Waals surface area (Å²) in [6, 6.07) is 21.2. The zero-order valence-electron chi connectivity index (χ0n) is 9.30. The van der Waals surface area contributed by atoms with Crippen molar-refractivity contribution in [2.75, 3.05) is 0 Å². The van der Waals surface area contributed by atoms with Crippen LogP contribution in [0.1, 0.15) is 11.1 Å². The Morgan fingerprint density at radius 1 is 0.562 bits per heavy atom. The summed E-state index contributed by atoms with van der Waals surface area (Å²) in [7, 11) is 0. The average molecular weight is 236 g/mol. The molecule has 0 aliphatic rings. The Labute approximate surface area is 104 Å². The molecule has 0 atom stereocenters. The van der Waals surface area contributed by atoms with Gasteiger partial charge in [-0.25, -0.2) is 0 Å². The molecule has 0 unspecified atom stereocenters. The van der Waals surface area contributed by atoms with Crippen LogP contribution in [0.4, 0.5) is 0 Å². The lowest BCUT2D eigenvalue weighted by atomic mass is 10.0. The van der Waals surface area contributed by atoms with E-state index in [4.69, 9.17) is 0 Å². The number of aryl methyl sites for hydroxylation is 2. The zero-order valence-corrected chi connectivity index (χ0v) is 10.1. The predicted octanol–water partition coefficient (Wildman–Crippen LogP) is 4.06. The summed E-state index contributed by atoms with van der Waals surface area (Å²) >= 11 is 0. The molecule has 0 saturated heterocycles. The fraction of sp³-hybridized carbons (Fsp3) is 0.143. The van der Waals surface area contributed by atoms with Crippen LogP contribution in [0.5, 0.6) is 0 Å². The van der Waals surface area contributed by atoms with E-state index in [1.807, 2.05) is 0 Å². The zero-order chi connectivity index (χ0) is 9.64. The summed E-state index contributed by atoms with van der Waals surface area (Å²) in [4.78, 5) is 0. The highest BCUT2D eigenvalue weighted by molar-refractivity contribution is 5.85. The summed E-state index contributed by atoms with van der Waals surface area (Å²) in [5.41, 5.74) is 2.83. The highest BCUT2D eigenvalue weighted by atomic mass is 35.5. The van der Waals surface area contributed by atoms with E-state index in [0.29, 0.717) is 0 Å². The maximum absolute atomic E-state index is 2.18. The third-order valence-corrected chi connectivity index (χ3v) is 2.39. The van der Waals surface area contributed by atoms with Crippen molar-refractivity contribution in [3.63, 3.8) is 0 Å². The molecule has 0 bridgehead atoms. The first-order valence-electron chi connectivity index (χ1n) is 5.03. The number of halogens is 1. The SMILES string of the molecule is Cl.N.c1ccc(CCc2ccccc2)cc1. The van der Waals surface area contributed by atoms with E-state index in [0.717, 1.165) is 12.8 Å². The Balaban J connectivity index is 0.00000112. The largest absolute Gasteiger partial charge is 0.344 e. The average Bonchev–Trinajstić information content (AvgIpc) is 2.29. The van der Waals surface area contributed by atoms with Gasteiger partial charge in [0, 0.05) is 0 Å². The minimum atomic E-state index is 0. The first-order chi connectivity index (χ1) is 6.95. The molecular weight excluding hydrogens is 218 g/mol. The van der Waals surface area contributed by atoms with Gasteiger partial charge in [-0.2, -0.15) is 0 Å². The number of rotatable bonds is 3. The molecule has 0 aliphatic carbocycles. The summed E-state index contributed by atoms with van der Waals surface area (Å²) in [5.74, 6) is 0. The number of benzene rings is 2. The molecule has 3 N–H and O–H groups in total. The van der Waals surface area contributed by atoms with Crippen LogP contribution in [0.2, 0.25) is 0 Å². The normalized spacial score (nSPS) is 8.75. The molecule has 0 amide bonds. The Morgan fingerprint density at radius 2 is 0.875 bits per heavy atom. The second kappa shape index (κ2) is 7.91. The van der Waals surface area contributed by atoms with Crippen LogP contribution < -0.4 is 6.15 Å². The molecule has 16 heavy (non-hydrogen) atoms. The van der Waals surface area contributed by atoms with Gasteiger partial charge in [-0.15, -0.1) is 12.4 Å². The topological polar surface area (TPSA) is 35.0 Å². The minimum Gasteiger partial charge on any atom is -0.344 e. The standard InChI is InChI=1S/C14H14.ClH.H3N/c1-3-7-13(8-4-1)11-12-14-9-5-2-6-10-14;;/h1-10H,11-12H2;1H;1H3. The van der Waals surface area contributed by atoms with E-state index in [2.05, 4.69) is 60.7 Å². The van der Waals surface area contributed by atoms with E-state index in [1.165, 1.54) is 11.1 Å². The molecule has 0 heterocycles. The number of hydrogen-bond acceptors (Lipinski definition) is 1. The first-order valence-corrected chi connectivity index (χ1v) is 5.03. The molecule has 0 aromatic heterocycles. The van der Waals surface area contributed by atoms with Crippen LogP contribution in [0, 0.1) is 0 Å². The summed E-state index contributed by atoms with van der Waals surface area (Å²) < 4.78 is 0. The summed E-state index contributed by atoms with van der Waals surface area (Å²) in [5, 5.41) is 0. The second-order valence-electron chi connectivity index (χ2n) is 3.47. The monoisotopic (exact) mass is 235 g/mol. The van der Waals surface area contributed by atoms with Crippen LogP contribution in [-0.2, 0) is 12.8 Å². The molecule has 0 spiro atoms. The molecule has 2 aromatic carbocycles. The third-order valence-electron chi connectivity index (χ3n) is 2.39. The van der Waals surface area contributed by atoms with Gasteiger partial charge < -0.3 is 6.15 Å². The van der Waals surface area contributed by atoms with Crippen molar-refractivity contribution in [2.45, 2.75) is 12.8 Å². The lowest BCUT2D eigenvalue weighted by Gasteiger charge is -2.01. The van der Waals surface area contributed by atoms with Crippen molar-refractivity contribution in [1.82, 2.24) is 6.15 Å². The molecule has 2 aromatic rings. The smallest absolute Gasteiger partial charge is 0.0238 e. The first kappa shape index (κ1) is 14.7. The van der Waals surface area contributed by atoms with Crippen molar-refractivity contribution in [1.29, 1.82) is 0 Å². The van der Waals surface area contributed by atoms with Gasteiger partial charge in [0.2, 0.25) is 0 Å². The van der Waals surface area contributed by atoms with Crippen molar-refractivity contribution >= 4 is 12.4 Å². The van der Waals surface area contributed by atoms with Gasteiger partial charge in [0.1, 0.15) is 0 Å². The maximum atomic E-state index is 2.18. The minimum absolute atomic E-state index is 0. The van der Waals surface area contributed by atoms with Crippen LogP contribution in [0.15, 0.2) is 60.7 Å². The lowest BCUT2D eigenvalue weighted by molar-refractivity contribution is 0.960.